The van der Waals surface area contributed by atoms with Crippen LogP contribution < -0.4 is 0 Å². The predicted molar refractivity (Wildman–Crippen MR) is 85.1 cm³/mol. The summed E-state index contributed by atoms with van der Waals surface area (Å²) < 4.78 is 4.70. The molecule has 0 atom stereocenters. The van der Waals surface area contributed by atoms with E-state index in [1.54, 1.807) is 17.8 Å². The number of aliphatic hydroxyl groups excluding tert-OH is 1. The van der Waals surface area contributed by atoms with Gasteiger partial charge in [0, 0.05) is 16.2 Å². The maximum atomic E-state index is 11.7. The summed E-state index contributed by atoms with van der Waals surface area (Å²) in [6.45, 7) is 0. The Morgan fingerprint density at radius 1 is 1.14 bits per heavy atom. The second-order valence-electron chi connectivity index (χ2n) is 4.30. The monoisotopic (exact) mass is 300 g/mol. The van der Waals surface area contributed by atoms with Crippen molar-refractivity contribution in [1.82, 2.24) is 0 Å². The maximum absolute atomic E-state index is 11.7. The molecule has 2 aromatic carbocycles. The summed E-state index contributed by atoms with van der Waals surface area (Å²) in [5.41, 5.74) is 2.03. The average molecular weight is 300 g/mol. The molecule has 0 spiro atoms. The third kappa shape index (κ3) is 3.89. The van der Waals surface area contributed by atoms with Gasteiger partial charge in [0.1, 0.15) is 5.57 Å². The summed E-state index contributed by atoms with van der Waals surface area (Å²) in [4.78, 5) is 12.6. The molecule has 2 rings (SSSR count). The number of hydrogen-bond donors (Lipinski definition) is 1. The van der Waals surface area contributed by atoms with Crippen LogP contribution in [0.2, 0.25) is 0 Å². The molecule has 0 aliphatic carbocycles. The fourth-order valence-corrected chi connectivity index (χ4v) is 2.92. The van der Waals surface area contributed by atoms with E-state index < -0.39 is 5.97 Å². The smallest absolute Gasteiger partial charge is 0.341 e. The molecule has 0 aromatic heterocycles. The van der Waals surface area contributed by atoms with Gasteiger partial charge in [-0.2, -0.15) is 0 Å². The van der Waals surface area contributed by atoms with Gasteiger partial charge in [0.2, 0.25) is 0 Å². The highest BCUT2D eigenvalue weighted by molar-refractivity contribution is 7.98. The highest BCUT2D eigenvalue weighted by Gasteiger charge is 2.16. The van der Waals surface area contributed by atoms with Crippen LogP contribution in [0.15, 0.2) is 65.8 Å². The zero-order valence-corrected chi connectivity index (χ0v) is 12.5. The standard InChI is InChI=1S/C17H16O3S/c1-20-17(19)15(11-18)14-9-5-6-10-16(14)21-12-13-7-3-2-4-8-13/h2-11,18H,12H2,1H3/b15-11+. The summed E-state index contributed by atoms with van der Waals surface area (Å²) >= 11 is 1.61. The van der Waals surface area contributed by atoms with Crippen molar-refractivity contribution in [2.75, 3.05) is 7.11 Å². The van der Waals surface area contributed by atoms with Crippen LogP contribution in [0.4, 0.5) is 0 Å². The Balaban J connectivity index is 2.23. The second kappa shape index (κ2) is 7.55. The van der Waals surface area contributed by atoms with Crippen molar-refractivity contribution < 1.29 is 14.6 Å². The number of methoxy groups -OCH3 is 1. The summed E-state index contributed by atoms with van der Waals surface area (Å²) in [6, 6.07) is 17.5. The highest BCUT2D eigenvalue weighted by atomic mass is 32.2. The minimum atomic E-state index is -0.551. The first-order chi connectivity index (χ1) is 10.3. The number of carbonyl (C=O) groups excluding carboxylic acids is 1. The molecule has 0 radical (unpaired) electrons. The molecule has 21 heavy (non-hydrogen) atoms. The fraction of sp³-hybridized carbons (Fsp3) is 0.118. The van der Waals surface area contributed by atoms with E-state index in [2.05, 4.69) is 12.1 Å². The van der Waals surface area contributed by atoms with Gasteiger partial charge in [0.25, 0.3) is 0 Å². The van der Waals surface area contributed by atoms with Crippen molar-refractivity contribution in [1.29, 1.82) is 0 Å². The van der Waals surface area contributed by atoms with Crippen LogP contribution >= 0.6 is 11.8 Å². The molecule has 2 aromatic rings. The van der Waals surface area contributed by atoms with Crippen LogP contribution in [0.1, 0.15) is 11.1 Å². The van der Waals surface area contributed by atoms with E-state index in [1.165, 1.54) is 12.7 Å². The summed E-state index contributed by atoms with van der Waals surface area (Å²) in [7, 11) is 1.30. The van der Waals surface area contributed by atoms with Gasteiger partial charge in [-0.1, -0.05) is 48.5 Å². The molecule has 0 amide bonds. The van der Waals surface area contributed by atoms with E-state index in [-0.39, 0.29) is 5.57 Å². The molecule has 3 nitrogen and oxygen atoms in total. The number of carbonyl (C=O) groups is 1. The third-order valence-corrected chi connectivity index (χ3v) is 4.09. The lowest BCUT2D eigenvalue weighted by Crippen LogP contribution is -2.05. The Hall–Kier alpha value is -2.20. The number of esters is 1. The van der Waals surface area contributed by atoms with Gasteiger partial charge in [0.05, 0.1) is 13.4 Å². The minimum absolute atomic E-state index is 0.161. The van der Waals surface area contributed by atoms with E-state index in [1.807, 2.05) is 36.4 Å². The Morgan fingerprint density at radius 2 is 1.81 bits per heavy atom. The molecule has 0 saturated carbocycles. The summed E-state index contributed by atoms with van der Waals surface area (Å²) in [5, 5.41) is 9.32. The van der Waals surface area contributed by atoms with Crippen LogP contribution in [0, 0.1) is 0 Å². The third-order valence-electron chi connectivity index (χ3n) is 2.95. The second-order valence-corrected chi connectivity index (χ2v) is 5.32. The first kappa shape index (κ1) is 15.2. The lowest BCUT2D eigenvalue weighted by atomic mass is 10.1. The van der Waals surface area contributed by atoms with Gasteiger partial charge in [-0.3, -0.25) is 0 Å². The van der Waals surface area contributed by atoms with Crippen molar-refractivity contribution in [3.8, 4) is 0 Å². The summed E-state index contributed by atoms with van der Waals surface area (Å²) in [5.74, 6) is 0.239. The number of benzene rings is 2. The molecule has 0 fully saturated rings. The molecular weight excluding hydrogens is 284 g/mol. The first-order valence-corrected chi connectivity index (χ1v) is 7.43. The van der Waals surface area contributed by atoms with E-state index in [0.717, 1.165) is 16.9 Å². The van der Waals surface area contributed by atoms with Crippen LogP contribution in [0.3, 0.4) is 0 Å². The average Bonchev–Trinajstić information content (AvgIpc) is 2.55. The van der Waals surface area contributed by atoms with Crippen LogP contribution in [-0.2, 0) is 15.3 Å². The van der Waals surface area contributed by atoms with E-state index in [4.69, 9.17) is 4.74 Å². The predicted octanol–water partition coefficient (Wildman–Crippen LogP) is 4.05. The minimum Gasteiger partial charge on any atom is -0.515 e. The zero-order valence-electron chi connectivity index (χ0n) is 11.7. The molecule has 0 aliphatic rings. The highest BCUT2D eigenvalue weighted by Crippen LogP contribution is 2.30. The molecule has 4 heteroatoms. The van der Waals surface area contributed by atoms with Crippen molar-refractivity contribution in [3.05, 3.63) is 72.0 Å². The topological polar surface area (TPSA) is 46.5 Å². The molecule has 0 bridgehead atoms. The number of hydrogen-bond acceptors (Lipinski definition) is 4. The van der Waals surface area contributed by atoms with Crippen molar-refractivity contribution in [2.24, 2.45) is 0 Å². The maximum Gasteiger partial charge on any atom is 0.341 e. The molecular formula is C17H16O3S. The van der Waals surface area contributed by atoms with Crippen molar-refractivity contribution >= 4 is 23.3 Å². The van der Waals surface area contributed by atoms with Crippen LogP contribution in [0.25, 0.3) is 5.57 Å². The number of thioether (sulfide) groups is 1. The largest absolute Gasteiger partial charge is 0.515 e. The number of aliphatic hydroxyl groups is 1. The molecule has 0 saturated heterocycles. The normalized spacial score (nSPS) is 11.2. The lowest BCUT2D eigenvalue weighted by Gasteiger charge is -2.10. The number of ether oxygens (including phenoxy) is 1. The Labute approximate surface area is 128 Å². The van der Waals surface area contributed by atoms with Gasteiger partial charge in [-0.25, -0.2) is 4.79 Å². The Kier molecular flexibility index (Phi) is 5.46. The van der Waals surface area contributed by atoms with Crippen molar-refractivity contribution in [2.45, 2.75) is 10.6 Å². The zero-order chi connectivity index (χ0) is 15.1. The Morgan fingerprint density at radius 3 is 2.48 bits per heavy atom. The van der Waals surface area contributed by atoms with Gasteiger partial charge in [0.15, 0.2) is 0 Å². The van der Waals surface area contributed by atoms with Gasteiger partial charge < -0.3 is 9.84 Å². The van der Waals surface area contributed by atoms with E-state index in [9.17, 15) is 9.90 Å². The molecule has 0 unspecified atom stereocenters. The van der Waals surface area contributed by atoms with Crippen LogP contribution in [0.5, 0.6) is 0 Å². The SMILES string of the molecule is COC(=O)/C(=C/O)c1ccccc1SCc1ccccc1. The molecule has 108 valence electrons. The van der Waals surface area contributed by atoms with E-state index >= 15 is 0 Å². The first-order valence-electron chi connectivity index (χ1n) is 6.45. The number of rotatable bonds is 5. The van der Waals surface area contributed by atoms with Gasteiger partial charge in [-0.15, -0.1) is 11.8 Å². The lowest BCUT2D eigenvalue weighted by molar-refractivity contribution is -0.133. The van der Waals surface area contributed by atoms with Gasteiger partial charge in [-0.05, 0) is 11.6 Å². The quantitative estimate of drug-likeness (QED) is 0.391. The molecule has 0 aliphatic heterocycles. The van der Waals surface area contributed by atoms with Crippen LogP contribution in [-0.4, -0.2) is 18.2 Å². The fourth-order valence-electron chi connectivity index (χ4n) is 1.89. The summed E-state index contributed by atoms with van der Waals surface area (Å²) in [6.07, 6.45) is 0.799. The van der Waals surface area contributed by atoms with Gasteiger partial charge >= 0.3 is 5.97 Å². The molecule has 0 heterocycles. The Bertz CT molecular complexity index is 635. The molecule has 1 N–H and O–H groups in total. The van der Waals surface area contributed by atoms with Crippen molar-refractivity contribution in [3.63, 3.8) is 0 Å². The van der Waals surface area contributed by atoms with E-state index in [0.29, 0.717) is 5.56 Å².